The summed E-state index contributed by atoms with van der Waals surface area (Å²) in [6.07, 6.45) is 0.676. The molecule has 2 amide bonds. The number of benzene rings is 1. The maximum atomic E-state index is 11.3. The van der Waals surface area contributed by atoms with Gasteiger partial charge in [0, 0.05) is 13.1 Å². The van der Waals surface area contributed by atoms with Gasteiger partial charge in [0.2, 0.25) is 0 Å². The second kappa shape index (κ2) is 7.32. The molecule has 0 saturated heterocycles. The number of amides is 2. The van der Waals surface area contributed by atoms with Gasteiger partial charge in [-0.15, -0.1) is 0 Å². The Balaban J connectivity index is 2.32. The summed E-state index contributed by atoms with van der Waals surface area (Å²) in [4.78, 5) is 22.4. The van der Waals surface area contributed by atoms with Crippen molar-refractivity contribution in [1.29, 1.82) is 0 Å². The predicted octanol–water partition coefficient (Wildman–Crippen LogP) is 0.490. The van der Waals surface area contributed by atoms with Crippen molar-refractivity contribution in [3.05, 3.63) is 29.8 Å². The Morgan fingerprint density at radius 2 is 1.72 bits per heavy atom. The quantitative estimate of drug-likeness (QED) is 0.747. The fourth-order valence-corrected chi connectivity index (χ4v) is 1.43. The molecule has 0 unspecified atom stereocenters. The average molecular weight is 250 g/mol. The van der Waals surface area contributed by atoms with E-state index >= 15 is 0 Å². The second-order valence-corrected chi connectivity index (χ2v) is 3.71. The van der Waals surface area contributed by atoms with Crippen molar-refractivity contribution in [2.45, 2.75) is 13.3 Å². The van der Waals surface area contributed by atoms with Crippen LogP contribution in [0.3, 0.4) is 0 Å². The first-order valence-corrected chi connectivity index (χ1v) is 5.86. The molecule has 1 aromatic rings. The molecule has 0 spiro atoms. The average Bonchev–Trinajstić information content (AvgIpc) is 2.39. The van der Waals surface area contributed by atoms with Crippen LogP contribution in [0.4, 0.5) is 0 Å². The zero-order valence-electron chi connectivity index (χ0n) is 10.7. The molecule has 0 radical (unpaired) electrons. The third kappa shape index (κ3) is 4.45. The molecule has 1 rings (SSSR count). The van der Waals surface area contributed by atoms with Crippen LogP contribution in [-0.2, 0) is 16.0 Å². The van der Waals surface area contributed by atoms with E-state index in [1.807, 2.05) is 24.3 Å². The first kappa shape index (κ1) is 14.0. The van der Waals surface area contributed by atoms with Crippen LogP contribution in [0.15, 0.2) is 24.3 Å². The van der Waals surface area contributed by atoms with Crippen LogP contribution < -0.4 is 15.4 Å². The Bertz CT molecular complexity index is 401. The highest BCUT2D eigenvalue weighted by atomic mass is 16.5. The Kier molecular flexibility index (Phi) is 5.70. The number of carbonyl (C=O) groups is 2. The van der Waals surface area contributed by atoms with Crippen molar-refractivity contribution >= 4 is 11.8 Å². The fourth-order valence-electron chi connectivity index (χ4n) is 1.43. The standard InChI is InChI=1S/C13H18N2O3/c1-3-14-12(16)13(17)15-9-8-10-4-6-11(18-2)7-5-10/h4-7H,3,8-9H2,1-2H3,(H,14,16)(H,15,17). The van der Waals surface area contributed by atoms with Gasteiger partial charge in [0.15, 0.2) is 0 Å². The number of methoxy groups -OCH3 is 1. The first-order chi connectivity index (χ1) is 8.67. The van der Waals surface area contributed by atoms with Gasteiger partial charge in [-0.05, 0) is 31.0 Å². The monoisotopic (exact) mass is 250 g/mol. The molecule has 0 atom stereocenters. The summed E-state index contributed by atoms with van der Waals surface area (Å²) in [6, 6.07) is 7.58. The largest absolute Gasteiger partial charge is 0.497 e. The number of likely N-dealkylation sites (N-methyl/N-ethyl adjacent to an activating group) is 1. The van der Waals surface area contributed by atoms with Gasteiger partial charge in [-0.25, -0.2) is 0 Å². The van der Waals surface area contributed by atoms with Crippen molar-refractivity contribution in [2.24, 2.45) is 0 Å². The normalized spacial score (nSPS) is 9.67. The number of ether oxygens (including phenoxy) is 1. The molecule has 5 nitrogen and oxygen atoms in total. The maximum Gasteiger partial charge on any atom is 0.309 e. The van der Waals surface area contributed by atoms with Crippen LogP contribution in [-0.4, -0.2) is 32.0 Å². The summed E-state index contributed by atoms with van der Waals surface area (Å²) in [6.45, 7) is 2.65. The highest BCUT2D eigenvalue weighted by molar-refractivity contribution is 6.35. The topological polar surface area (TPSA) is 67.4 Å². The third-order valence-electron chi connectivity index (χ3n) is 2.40. The highest BCUT2D eigenvalue weighted by Gasteiger charge is 2.10. The van der Waals surface area contributed by atoms with Gasteiger partial charge in [0.1, 0.15) is 5.75 Å². The number of carbonyl (C=O) groups excluding carboxylic acids is 2. The number of hydrogen-bond donors (Lipinski definition) is 2. The van der Waals surface area contributed by atoms with E-state index < -0.39 is 11.8 Å². The Morgan fingerprint density at radius 3 is 2.28 bits per heavy atom. The van der Waals surface area contributed by atoms with Gasteiger partial charge < -0.3 is 15.4 Å². The molecule has 0 aliphatic carbocycles. The molecule has 2 N–H and O–H groups in total. The maximum absolute atomic E-state index is 11.3. The summed E-state index contributed by atoms with van der Waals surface area (Å²) in [5, 5.41) is 5.00. The lowest BCUT2D eigenvalue weighted by molar-refractivity contribution is -0.139. The number of nitrogens with one attached hydrogen (secondary N) is 2. The summed E-state index contributed by atoms with van der Waals surface area (Å²) >= 11 is 0. The molecule has 0 aliphatic rings. The van der Waals surface area contributed by atoms with Crippen molar-refractivity contribution in [3.63, 3.8) is 0 Å². The van der Waals surface area contributed by atoms with E-state index in [1.54, 1.807) is 14.0 Å². The summed E-state index contributed by atoms with van der Waals surface area (Å²) < 4.78 is 5.05. The molecule has 0 aromatic heterocycles. The number of rotatable bonds is 5. The lowest BCUT2D eigenvalue weighted by Crippen LogP contribution is -2.40. The molecule has 18 heavy (non-hydrogen) atoms. The minimum Gasteiger partial charge on any atom is -0.497 e. The van der Waals surface area contributed by atoms with Gasteiger partial charge >= 0.3 is 11.8 Å². The number of hydrogen-bond acceptors (Lipinski definition) is 3. The molecule has 5 heteroatoms. The van der Waals surface area contributed by atoms with Gasteiger partial charge in [-0.2, -0.15) is 0 Å². The van der Waals surface area contributed by atoms with Crippen molar-refractivity contribution in [2.75, 3.05) is 20.2 Å². The van der Waals surface area contributed by atoms with Gasteiger partial charge in [0.25, 0.3) is 0 Å². The van der Waals surface area contributed by atoms with Crippen molar-refractivity contribution in [3.8, 4) is 5.75 Å². The smallest absolute Gasteiger partial charge is 0.309 e. The van der Waals surface area contributed by atoms with E-state index in [0.717, 1.165) is 11.3 Å². The van der Waals surface area contributed by atoms with E-state index in [-0.39, 0.29) is 0 Å². The van der Waals surface area contributed by atoms with Crippen molar-refractivity contribution in [1.82, 2.24) is 10.6 Å². The summed E-state index contributed by atoms with van der Waals surface area (Å²) in [5.41, 5.74) is 1.08. The molecule has 0 saturated carbocycles. The minimum absolute atomic E-state index is 0.433. The predicted molar refractivity (Wildman–Crippen MR) is 68.4 cm³/mol. The fraction of sp³-hybridized carbons (Fsp3) is 0.385. The Hall–Kier alpha value is -2.04. The van der Waals surface area contributed by atoms with E-state index in [9.17, 15) is 9.59 Å². The van der Waals surface area contributed by atoms with Crippen LogP contribution in [0.2, 0.25) is 0 Å². The first-order valence-electron chi connectivity index (χ1n) is 5.86. The van der Waals surface area contributed by atoms with E-state index in [4.69, 9.17) is 4.74 Å². The summed E-state index contributed by atoms with van der Waals surface area (Å²) in [7, 11) is 1.61. The van der Waals surface area contributed by atoms with Gasteiger partial charge in [0.05, 0.1) is 7.11 Å². The zero-order chi connectivity index (χ0) is 13.4. The van der Waals surface area contributed by atoms with Crippen LogP contribution in [0.5, 0.6) is 5.75 Å². The zero-order valence-corrected chi connectivity index (χ0v) is 10.7. The molecular formula is C13H18N2O3. The Morgan fingerprint density at radius 1 is 1.11 bits per heavy atom. The van der Waals surface area contributed by atoms with E-state index in [0.29, 0.717) is 19.5 Å². The van der Waals surface area contributed by atoms with Crippen LogP contribution in [0.1, 0.15) is 12.5 Å². The minimum atomic E-state index is -0.592. The van der Waals surface area contributed by atoms with Crippen LogP contribution in [0.25, 0.3) is 0 Å². The molecular weight excluding hydrogens is 232 g/mol. The lowest BCUT2D eigenvalue weighted by Gasteiger charge is -2.06. The van der Waals surface area contributed by atoms with E-state index in [2.05, 4.69) is 10.6 Å². The second-order valence-electron chi connectivity index (χ2n) is 3.71. The molecule has 0 aliphatic heterocycles. The lowest BCUT2D eigenvalue weighted by atomic mass is 10.1. The molecule has 98 valence electrons. The molecule has 0 fully saturated rings. The van der Waals surface area contributed by atoms with Crippen molar-refractivity contribution < 1.29 is 14.3 Å². The van der Waals surface area contributed by atoms with E-state index in [1.165, 1.54) is 0 Å². The molecule has 1 aromatic carbocycles. The van der Waals surface area contributed by atoms with Gasteiger partial charge in [-0.1, -0.05) is 12.1 Å². The van der Waals surface area contributed by atoms with Gasteiger partial charge in [-0.3, -0.25) is 9.59 Å². The van der Waals surface area contributed by atoms with Crippen LogP contribution in [0, 0.1) is 0 Å². The molecule has 0 heterocycles. The highest BCUT2D eigenvalue weighted by Crippen LogP contribution is 2.11. The van der Waals surface area contributed by atoms with Crippen LogP contribution >= 0.6 is 0 Å². The SMILES string of the molecule is CCNC(=O)C(=O)NCCc1ccc(OC)cc1. The Labute approximate surface area is 107 Å². The summed E-state index contributed by atoms with van der Waals surface area (Å²) in [5.74, 6) is -0.386. The third-order valence-corrected chi connectivity index (χ3v) is 2.40. The molecule has 0 bridgehead atoms.